The van der Waals surface area contributed by atoms with E-state index in [1.165, 1.54) is 0 Å². The molecule has 7 heteroatoms. The standard InChI is InChI=1S/C20H19ClN4O2/c1-2-22-19(26)13-23-20(27)18-12-17(14-8-10-15(21)11-9-14)24-25(18)16-6-4-3-5-7-16/h3-12H,2,13H2,1H3,(H,22,26)(H,23,27). The van der Waals surface area contributed by atoms with Crippen LogP contribution in [0, 0.1) is 0 Å². The zero-order valence-electron chi connectivity index (χ0n) is 14.8. The summed E-state index contributed by atoms with van der Waals surface area (Å²) in [5.41, 5.74) is 2.57. The van der Waals surface area contributed by atoms with Crippen LogP contribution in [0.5, 0.6) is 0 Å². The van der Waals surface area contributed by atoms with Gasteiger partial charge in [0.25, 0.3) is 5.91 Å². The van der Waals surface area contributed by atoms with Gasteiger partial charge < -0.3 is 10.6 Å². The quantitative estimate of drug-likeness (QED) is 0.688. The third-order valence-electron chi connectivity index (χ3n) is 3.87. The highest BCUT2D eigenvalue weighted by molar-refractivity contribution is 6.30. The molecule has 0 fully saturated rings. The van der Waals surface area contributed by atoms with Crippen molar-refractivity contribution in [2.75, 3.05) is 13.1 Å². The second kappa shape index (κ2) is 8.51. The fourth-order valence-electron chi connectivity index (χ4n) is 2.58. The molecule has 1 heterocycles. The molecule has 138 valence electrons. The van der Waals surface area contributed by atoms with Gasteiger partial charge >= 0.3 is 0 Å². The number of hydrogen-bond acceptors (Lipinski definition) is 3. The Morgan fingerprint density at radius 3 is 2.41 bits per heavy atom. The average Bonchev–Trinajstić information content (AvgIpc) is 3.13. The Balaban J connectivity index is 1.94. The Morgan fingerprint density at radius 2 is 1.74 bits per heavy atom. The van der Waals surface area contributed by atoms with Gasteiger partial charge in [0.05, 0.1) is 17.9 Å². The molecule has 1 aromatic heterocycles. The number of amides is 2. The molecule has 3 aromatic rings. The molecule has 0 aliphatic rings. The third-order valence-corrected chi connectivity index (χ3v) is 4.12. The summed E-state index contributed by atoms with van der Waals surface area (Å²) in [4.78, 5) is 24.3. The lowest BCUT2D eigenvalue weighted by Gasteiger charge is -2.08. The smallest absolute Gasteiger partial charge is 0.270 e. The Kier molecular flexibility index (Phi) is 5.88. The second-order valence-electron chi connectivity index (χ2n) is 5.81. The maximum atomic E-state index is 12.7. The summed E-state index contributed by atoms with van der Waals surface area (Å²) < 4.78 is 1.57. The van der Waals surface area contributed by atoms with Crippen LogP contribution in [0.3, 0.4) is 0 Å². The molecule has 2 aromatic carbocycles. The molecule has 3 rings (SSSR count). The first-order chi connectivity index (χ1) is 13.1. The van der Waals surface area contributed by atoms with Crippen molar-refractivity contribution in [3.63, 3.8) is 0 Å². The number of nitrogens with one attached hydrogen (secondary N) is 2. The van der Waals surface area contributed by atoms with Crippen molar-refractivity contribution < 1.29 is 9.59 Å². The Labute approximate surface area is 162 Å². The second-order valence-corrected chi connectivity index (χ2v) is 6.24. The maximum absolute atomic E-state index is 12.7. The molecule has 2 amide bonds. The van der Waals surface area contributed by atoms with Crippen LogP contribution in [0.2, 0.25) is 5.02 Å². The molecule has 0 bridgehead atoms. The molecule has 6 nitrogen and oxygen atoms in total. The molecule has 27 heavy (non-hydrogen) atoms. The van der Waals surface area contributed by atoms with E-state index in [0.717, 1.165) is 11.3 Å². The highest BCUT2D eigenvalue weighted by Gasteiger charge is 2.18. The molecule has 0 unspecified atom stereocenters. The van der Waals surface area contributed by atoms with Gasteiger partial charge in [-0.05, 0) is 37.3 Å². The van der Waals surface area contributed by atoms with Crippen molar-refractivity contribution in [3.05, 3.63) is 71.4 Å². The topological polar surface area (TPSA) is 76.0 Å². The first-order valence-corrected chi connectivity index (χ1v) is 8.92. The van der Waals surface area contributed by atoms with E-state index >= 15 is 0 Å². The number of benzene rings is 2. The highest BCUT2D eigenvalue weighted by Crippen LogP contribution is 2.23. The van der Waals surface area contributed by atoms with E-state index in [1.807, 2.05) is 49.4 Å². The molecular formula is C20H19ClN4O2. The summed E-state index contributed by atoms with van der Waals surface area (Å²) in [6.07, 6.45) is 0. The van der Waals surface area contributed by atoms with Gasteiger partial charge in [0, 0.05) is 17.1 Å². The van der Waals surface area contributed by atoms with Gasteiger partial charge in [-0.25, -0.2) is 4.68 Å². The summed E-state index contributed by atoms with van der Waals surface area (Å²) in [6.45, 7) is 2.24. The summed E-state index contributed by atoms with van der Waals surface area (Å²) in [5, 5.41) is 10.5. The van der Waals surface area contributed by atoms with Gasteiger partial charge in [-0.2, -0.15) is 5.10 Å². The SMILES string of the molecule is CCNC(=O)CNC(=O)c1cc(-c2ccc(Cl)cc2)nn1-c1ccccc1. The van der Waals surface area contributed by atoms with Gasteiger partial charge in [-0.3, -0.25) is 9.59 Å². The zero-order valence-corrected chi connectivity index (χ0v) is 15.5. The minimum atomic E-state index is -0.377. The van der Waals surface area contributed by atoms with Crippen LogP contribution in [0.25, 0.3) is 16.9 Å². The number of halogens is 1. The van der Waals surface area contributed by atoms with E-state index in [4.69, 9.17) is 11.6 Å². The molecule has 2 N–H and O–H groups in total. The van der Waals surface area contributed by atoms with Gasteiger partial charge in [0.15, 0.2) is 0 Å². The molecule has 0 saturated heterocycles. The minimum absolute atomic E-state index is 0.0943. The summed E-state index contributed by atoms with van der Waals surface area (Å²) in [5.74, 6) is -0.618. The molecule has 0 aliphatic heterocycles. The number of aromatic nitrogens is 2. The third kappa shape index (κ3) is 4.54. The predicted octanol–water partition coefficient (Wildman–Crippen LogP) is 3.06. The van der Waals surface area contributed by atoms with Crippen molar-refractivity contribution in [1.82, 2.24) is 20.4 Å². The maximum Gasteiger partial charge on any atom is 0.270 e. The molecule has 0 radical (unpaired) electrons. The summed E-state index contributed by atoms with van der Waals surface area (Å²) >= 11 is 5.95. The number of rotatable bonds is 6. The fraction of sp³-hybridized carbons (Fsp3) is 0.150. The van der Waals surface area contributed by atoms with Gasteiger partial charge in [0.1, 0.15) is 5.69 Å². The lowest BCUT2D eigenvalue weighted by atomic mass is 10.1. The summed E-state index contributed by atoms with van der Waals surface area (Å²) in [6, 6.07) is 18.3. The van der Waals surface area contributed by atoms with E-state index < -0.39 is 0 Å². The van der Waals surface area contributed by atoms with Gasteiger partial charge in [-0.1, -0.05) is 41.9 Å². The molecule has 0 aliphatic carbocycles. The van der Waals surface area contributed by atoms with Crippen LogP contribution in [0.15, 0.2) is 60.7 Å². The van der Waals surface area contributed by atoms with Crippen molar-refractivity contribution in [2.45, 2.75) is 6.92 Å². The van der Waals surface area contributed by atoms with Crippen molar-refractivity contribution >= 4 is 23.4 Å². The molecule has 0 saturated carbocycles. The van der Waals surface area contributed by atoms with E-state index in [2.05, 4.69) is 15.7 Å². The number of hydrogen-bond donors (Lipinski definition) is 2. The van der Waals surface area contributed by atoms with Crippen molar-refractivity contribution in [3.8, 4) is 16.9 Å². The number of carbonyl (C=O) groups is 2. The van der Waals surface area contributed by atoms with E-state index in [-0.39, 0.29) is 18.4 Å². The number of nitrogens with zero attached hydrogens (tertiary/aromatic N) is 2. The van der Waals surface area contributed by atoms with E-state index in [0.29, 0.717) is 23.0 Å². The van der Waals surface area contributed by atoms with Crippen LogP contribution in [-0.4, -0.2) is 34.7 Å². The number of carbonyl (C=O) groups excluding carboxylic acids is 2. The highest BCUT2D eigenvalue weighted by atomic mass is 35.5. The molecule has 0 spiro atoms. The van der Waals surface area contributed by atoms with Gasteiger partial charge in [0.2, 0.25) is 5.91 Å². The predicted molar refractivity (Wildman–Crippen MR) is 105 cm³/mol. The first-order valence-electron chi connectivity index (χ1n) is 8.55. The average molecular weight is 383 g/mol. The van der Waals surface area contributed by atoms with Crippen molar-refractivity contribution in [2.24, 2.45) is 0 Å². The monoisotopic (exact) mass is 382 g/mol. The zero-order chi connectivity index (χ0) is 19.2. The van der Waals surface area contributed by atoms with Crippen LogP contribution in [0.4, 0.5) is 0 Å². The number of likely N-dealkylation sites (N-methyl/N-ethyl adjacent to an activating group) is 1. The fourth-order valence-corrected chi connectivity index (χ4v) is 2.71. The van der Waals surface area contributed by atoms with Crippen LogP contribution < -0.4 is 10.6 Å². The Morgan fingerprint density at radius 1 is 1.04 bits per heavy atom. The molecular weight excluding hydrogens is 364 g/mol. The number of para-hydroxylation sites is 1. The Bertz CT molecular complexity index is 936. The van der Waals surface area contributed by atoms with Crippen LogP contribution in [0.1, 0.15) is 17.4 Å². The van der Waals surface area contributed by atoms with E-state index in [1.54, 1.807) is 22.9 Å². The normalized spacial score (nSPS) is 10.4. The van der Waals surface area contributed by atoms with Crippen LogP contribution in [-0.2, 0) is 4.79 Å². The molecule has 0 atom stereocenters. The first kappa shape index (κ1) is 18.7. The van der Waals surface area contributed by atoms with Crippen molar-refractivity contribution in [1.29, 1.82) is 0 Å². The minimum Gasteiger partial charge on any atom is -0.355 e. The lowest BCUT2D eigenvalue weighted by Crippen LogP contribution is -2.37. The van der Waals surface area contributed by atoms with Gasteiger partial charge in [-0.15, -0.1) is 0 Å². The van der Waals surface area contributed by atoms with E-state index in [9.17, 15) is 9.59 Å². The Hall–Kier alpha value is -3.12. The lowest BCUT2D eigenvalue weighted by molar-refractivity contribution is -0.120. The summed E-state index contributed by atoms with van der Waals surface area (Å²) in [7, 11) is 0. The van der Waals surface area contributed by atoms with Crippen LogP contribution >= 0.6 is 11.6 Å². The largest absolute Gasteiger partial charge is 0.355 e.